The molecule has 0 atom stereocenters. The average molecular weight is 297 g/mol. The van der Waals surface area contributed by atoms with E-state index in [0.29, 0.717) is 11.1 Å². The van der Waals surface area contributed by atoms with Crippen LogP contribution < -0.4 is 5.32 Å². The van der Waals surface area contributed by atoms with Gasteiger partial charge in [-0.25, -0.2) is 29.1 Å². The summed E-state index contributed by atoms with van der Waals surface area (Å²) in [4.78, 5) is 21.4. The molecule has 0 radical (unpaired) electrons. The predicted molar refractivity (Wildman–Crippen MR) is 71.3 cm³/mol. The molecular formula is C15H15FeNO2. The van der Waals surface area contributed by atoms with Crippen molar-refractivity contribution in [3.8, 4) is 0 Å². The van der Waals surface area contributed by atoms with E-state index < -0.39 is 0 Å². The van der Waals surface area contributed by atoms with Crippen LogP contribution in [0.1, 0.15) is 17.3 Å². The molecule has 0 aromatic heterocycles. The number of carbonyl (C=O) groups is 1. The van der Waals surface area contributed by atoms with Crippen molar-refractivity contribution < 1.29 is 26.7 Å². The minimum Gasteiger partial charge on any atom is -0.358 e. The first-order valence-electron chi connectivity index (χ1n) is 5.61. The van der Waals surface area contributed by atoms with E-state index in [9.17, 15) is 9.59 Å². The summed E-state index contributed by atoms with van der Waals surface area (Å²) in [5, 5.41) is 2.60. The Morgan fingerprint density at radius 1 is 1.21 bits per heavy atom. The summed E-state index contributed by atoms with van der Waals surface area (Å²) in [6.45, 7) is 1.88. The molecule has 19 heavy (non-hydrogen) atoms. The molecule has 4 heteroatoms. The molecule has 0 aliphatic rings. The first-order valence-corrected chi connectivity index (χ1v) is 5.61. The number of amides is 1. The number of hydrogen-bond acceptors (Lipinski definition) is 2. The minimum absolute atomic E-state index is 0. The standard InChI is InChI=1S/C10H10NO2.C5H5.Fe/c1-8(7-12)6-11-10(13)9-4-2-3-5-9;1-2-4-5-3-1;/h2-5H,6H2,1H3,(H,11,13);1-5H;/q2*-1;+2. The van der Waals surface area contributed by atoms with Crippen LogP contribution in [0.4, 0.5) is 0 Å². The Morgan fingerprint density at radius 3 is 2.21 bits per heavy atom. The Hall–Kier alpha value is -1.86. The van der Waals surface area contributed by atoms with Gasteiger partial charge in [0.1, 0.15) is 5.94 Å². The zero-order valence-electron chi connectivity index (χ0n) is 10.6. The maximum absolute atomic E-state index is 11.3. The van der Waals surface area contributed by atoms with E-state index in [4.69, 9.17) is 0 Å². The molecular weight excluding hydrogens is 282 g/mol. The molecule has 0 aliphatic carbocycles. The summed E-state index contributed by atoms with van der Waals surface area (Å²) in [5.74, 6) is 1.55. The Morgan fingerprint density at radius 2 is 1.79 bits per heavy atom. The van der Waals surface area contributed by atoms with Crippen molar-refractivity contribution in [1.29, 1.82) is 0 Å². The molecule has 1 amide bonds. The molecule has 2 aromatic carbocycles. The molecule has 0 aliphatic heterocycles. The van der Waals surface area contributed by atoms with Crippen molar-refractivity contribution in [2.45, 2.75) is 6.92 Å². The zero-order chi connectivity index (χ0) is 13.2. The van der Waals surface area contributed by atoms with Crippen LogP contribution in [0, 0.1) is 0 Å². The summed E-state index contributed by atoms with van der Waals surface area (Å²) in [5.41, 5.74) is 1.10. The predicted octanol–water partition coefficient (Wildman–Crippen LogP) is 2.32. The average Bonchev–Trinajstić information content (AvgIpc) is 3.08. The van der Waals surface area contributed by atoms with Gasteiger partial charge in [-0.05, 0) is 6.92 Å². The summed E-state index contributed by atoms with van der Waals surface area (Å²) in [6, 6.07) is 17.0. The van der Waals surface area contributed by atoms with E-state index in [2.05, 4.69) is 5.32 Å². The fraction of sp³-hybridized carbons (Fsp3) is 0.133. The Labute approximate surface area is 123 Å². The second-order valence-electron chi connectivity index (χ2n) is 3.70. The summed E-state index contributed by atoms with van der Waals surface area (Å²) in [6.07, 6.45) is 0. The monoisotopic (exact) mass is 297 g/mol. The first-order chi connectivity index (χ1) is 8.74. The molecule has 0 spiro atoms. The molecule has 0 saturated heterocycles. The van der Waals surface area contributed by atoms with E-state index in [1.54, 1.807) is 37.1 Å². The van der Waals surface area contributed by atoms with Crippen molar-refractivity contribution in [1.82, 2.24) is 5.32 Å². The molecule has 0 saturated carbocycles. The Bertz CT molecular complexity index is 477. The van der Waals surface area contributed by atoms with Gasteiger partial charge >= 0.3 is 17.1 Å². The maximum Gasteiger partial charge on any atom is 2.00 e. The van der Waals surface area contributed by atoms with Gasteiger partial charge in [0.15, 0.2) is 5.91 Å². The second-order valence-corrected chi connectivity index (χ2v) is 3.70. The molecule has 100 valence electrons. The fourth-order valence-electron chi connectivity index (χ4n) is 1.20. The molecule has 0 fully saturated rings. The number of carbonyl (C=O) groups excluding carboxylic acids is 2. The number of rotatable bonds is 3. The van der Waals surface area contributed by atoms with Gasteiger partial charge < -0.3 is 5.32 Å². The van der Waals surface area contributed by atoms with E-state index in [1.807, 2.05) is 30.3 Å². The third-order valence-electron chi connectivity index (χ3n) is 2.17. The van der Waals surface area contributed by atoms with Crippen molar-refractivity contribution in [3.63, 3.8) is 0 Å². The molecule has 2 aromatic rings. The third-order valence-corrected chi connectivity index (χ3v) is 2.17. The minimum atomic E-state index is -0.167. The first kappa shape index (κ1) is 17.1. The van der Waals surface area contributed by atoms with Crippen LogP contribution in [0.3, 0.4) is 0 Å². The molecule has 2 rings (SSSR count). The zero-order valence-corrected chi connectivity index (χ0v) is 11.7. The van der Waals surface area contributed by atoms with Gasteiger partial charge in [-0.2, -0.15) is 30.3 Å². The Kier molecular flexibility index (Phi) is 9.11. The largest absolute Gasteiger partial charge is 2.00 e. The van der Waals surface area contributed by atoms with Gasteiger partial charge in [0, 0.05) is 12.1 Å². The van der Waals surface area contributed by atoms with Crippen LogP contribution in [-0.4, -0.2) is 18.4 Å². The van der Waals surface area contributed by atoms with Crippen LogP contribution in [0.25, 0.3) is 0 Å². The van der Waals surface area contributed by atoms with Crippen LogP contribution in [-0.2, 0) is 21.9 Å². The quantitative estimate of drug-likeness (QED) is 0.537. The van der Waals surface area contributed by atoms with Crippen LogP contribution in [0.15, 0.2) is 60.2 Å². The molecule has 0 heterocycles. The summed E-state index contributed by atoms with van der Waals surface area (Å²) >= 11 is 0. The molecule has 3 nitrogen and oxygen atoms in total. The Balaban J connectivity index is 0.000000454. The van der Waals surface area contributed by atoms with E-state index >= 15 is 0 Å². The van der Waals surface area contributed by atoms with Crippen molar-refractivity contribution in [3.05, 3.63) is 65.7 Å². The van der Waals surface area contributed by atoms with Gasteiger partial charge in [0.25, 0.3) is 0 Å². The summed E-state index contributed by atoms with van der Waals surface area (Å²) < 4.78 is 0. The fourth-order valence-corrected chi connectivity index (χ4v) is 1.20. The smallest absolute Gasteiger partial charge is 0.358 e. The number of hydrogen-bond donors (Lipinski definition) is 1. The van der Waals surface area contributed by atoms with Crippen molar-refractivity contribution >= 4 is 11.8 Å². The van der Waals surface area contributed by atoms with Gasteiger partial charge in [0.2, 0.25) is 0 Å². The van der Waals surface area contributed by atoms with Gasteiger partial charge in [-0.1, -0.05) is 5.56 Å². The number of nitrogens with one attached hydrogen (secondary N) is 1. The topological polar surface area (TPSA) is 46.2 Å². The van der Waals surface area contributed by atoms with E-state index in [-0.39, 0.29) is 29.5 Å². The van der Waals surface area contributed by atoms with Crippen LogP contribution >= 0.6 is 0 Å². The molecule has 1 N–H and O–H groups in total. The van der Waals surface area contributed by atoms with Gasteiger partial charge in [-0.15, -0.1) is 0 Å². The summed E-state index contributed by atoms with van der Waals surface area (Å²) in [7, 11) is 0. The van der Waals surface area contributed by atoms with Crippen molar-refractivity contribution in [2.24, 2.45) is 0 Å². The second kappa shape index (κ2) is 10.1. The van der Waals surface area contributed by atoms with Crippen LogP contribution in [0.2, 0.25) is 0 Å². The van der Waals surface area contributed by atoms with Crippen molar-refractivity contribution in [2.75, 3.05) is 6.54 Å². The third kappa shape index (κ3) is 7.22. The van der Waals surface area contributed by atoms with E-state index in [0.717, 1.165) is 0 Å². The van der Waals surface area contributed by atoms with Crippen LogP contribution in [0.5, 0.6) is 0 Å². The normalized spacial score (nSPS) is 8.26. The molecule has 0 unspecified atom stereocenters. The van der Waals surface area contributed by atoms with Gasteiger partial charge in [0.05, 0.1) is 0 Å². The van der Waals surface area contributed by atoms with E-state index in [1.165, 1.54) is 0 Å². The molecule has 0 bridgehead atoms. The van der Waals surface area contributed by atoms with Gasteiger partial charge in [-0.3, -0.25) is 4.79 Å². The SMILES string of the molecule is CC(=C=O)CNC(=O)[c-]1cccc1.[Fe+2].c1cc[cH-]c1. The maximum atomic E-state index is 11.3.